The van der Waals surface area contributed by atoms with Crippen LogP contribution in [0.3, 0.4) is 0 Å². The van der Waals surface area contributed by atoms with Crippen LogP contribution < -0.4 is 5.32 Å². The van der Waals surface area contributed by atoms with Crippen molar-refractivity contribution < 1.29 is 4.79 Å². The van der Waals surface area contributed by atoms with Gasteiger partial charge in [0.1, 0.15) is 6.33 Å². The number of aryl methyl sites for hydroxylation is 2. The zero-order valence-corrected chi connectivity index (χ0v) is 10.9. The summed E-state index contributed by atoms with van der Waals surface area (Å²) in [4.78, 5) is 15.9. The molecule has 2 aromatic rings. The van der Waals surface area contributed by atoms with Gasteiger partial charge in [-0.25, -0.2) is 4.68 Å². The lowest BCUT2D eigenvalue weighted by Crippen LogP contribution is -2.16. The molecule has 1 amide bonds. The highest BCUT2D eigenvalue weighted by atomic mass is 16.2. The lowest BCUT2D eigenvalue weighted by atomic mass is 10.1. The molecule has 0 fully saturated rings. The molecule has 0 aliphatic rings. The highest BCUT2D eigenvalue weighted by Crippen LogP contribution is 2.15. The minimum absolute atomic E-state index is 0.284. The molecule has 0 atom stereocenters. The van der Waals surface area contributed by atoms with Gasteiger partial charge in [0.05, 0.1) is 0 Å². The molecule has 0 spiro atoms. The summed E-state index contributed by atoms with van der Waals surface area (Å²) >= 11 is 0. The summed E-state index contributed by atoms with van der Waals surface area (Å²) < 4.78 is 3.21. The Morgan fingerprint density at radius 3 is 2.56 bits per heavy atom. The van der Waals surface area contributed by atoms with Crippen LogP contribution >= 0.6 is 0 Å². The van der Waals surface area contributed by atoms with Crippen LogP contribution in [0.5, 0.6) is 0 Å². The Labute approximate surface area is 105 Å². The maximum Gasteiger partial charge on any atom is 0.278 e. The van der Waals surface area contributed by atoms with Crippen molar-refractivity contribution in [1.29, 1.82) is 0 Å². The third-order valence-electron chi connectivity index (χ3n) is 2.68. The molecule has 2 rings (SSSR count). The smallest absolute Gasteiger partial charge is 0.278 e. The van der Waals surface area contributed by atoms with E-state index in [4.69, 9.17) is 0 Å². The van der Waals surface area contributed by atoms with Gasteiger partial charge in [0.2, 0.25) is 5.95 Å². The van der Waals surface area contributed by atoms with Crippen LogP contribution in [-0.2, 0) is 14.1 Å². The first kappa shape index (κ1) is 12.3. The molecule has 2 aromatic heterocycles. The van der Waals surface area contributed by atoms with Crippen LogP contribution in [0.1, 0.15) is 35.9 Å². The van der Waals surface area contributed by atoms with E-state index < -0.39 is 0 Å². The average Bonchev–Trinajstić information content (AvgIpc) is 2.86. The summed E-state index contributed by atoms with van der Waals surface area (Å²) in [5.74, 6) is 0.434. The van der Waals surface area contributed by atoms with Gasteiger partial charge in [-0.3, -0.25) is 14.8 Å². The summed E-state index contributed by atoms with van der Waals surface area (Å²) in [5, 5.41) is 10.7. The number of hydrogen-bond acceptors (Lipinski definition) is 4. The molecule has 0 bridgehead atoms. The predicted octanol–water partition coefficient (Wildman–Crippen LogP) is 0.924. The van der Waals surface area contributed by atoms with Crippen molar-refractivity contribution in [3.05, 3.63) is 23.8 Å². The third-order valence-corrected chi connectivity index (χ3v) is 2.68. The minimum Gasteiger partial charge on any atom is -0.289 e. The van der Waals surface area contributed by atoms with E-state index >= 15 is 0 Å². The van der Waals surface area contributed by atoms with E-state index in [0.29, 0.717) is 17.6 Å². The molecule has 0 radical (unpaired) electrons. The Hall–Kier alpha value is -2.18. The van der Waals surface area contributed by atoms with Gasteiger partial charge in [-0.15, -0.1) is 0 Å². The number of anilines is 1. The van der Waals surface area contributed by atoms with E-state index in [1.54, 1.807) is 17.8 Å². The van der Waals surface area contributed by atoms with Crippen LogP contribution in [0.25, 0.3) is 0 Å². The summed E-state index contributed by atoms with van der Waals surface area (Å²) in [5.41, 5.74) is 1.39. The molecule has 0 unspecified atom stereocenters. The molecule has 0 saturated heterocycles. The van der Waals surface area contributed by atoms with Gasteiger partial charge in [-0.05, 0) is 12.0 Å². The van der Waals surface area contributed by atoms with Crippen molar-refractivity contribution in [3.8, 4) is 0 Å². The van der Waals surface area contributed by atoms with Crippen LogP contribution in [0.2, 0.25) is 0 Å². The molecule has 0 aliphatic carbocycles. The van der Waals surface area contributed by atoms with Crippen molar-refractivity contribution in [2.75, 3.05) is 5.32 Å². The highest BCUT2D eigenvalue weighted by molar-refractivity contribution is 6.01. The molecule has 0 aromatic carbocycles. The van der Waals surface area contributed by atoms with Crippen molar-refractivity contribution in [2.24, 2.45) is 14.1 Å². The minimum atomic E-state index is -0.284. The van der Waals surface area contributed by atoms with Gasteiger partial charge in [0.25, 0.3) is 5.91 Å². The second-order valence-electron chi connectivity index (χ2n) is 4.39. The number of carbonyl (C=O) groups is 1. The van der Waals surface area contributed by atoms with Gasteiger partial charge in [-0.2, -0.15) is 15.2 Å². The number of rotatable bonds is 3. The Morgan fingerprint density at radius 1 is 1.33 bits per heavy atom. The number of aromatic nitrogens is 5. The number of carbonyl (C=O) groups excluding carboxylic acids is 1. The van der Waals surface area contributed by atoms with Crippen molar-refractivity contribution in [2.45, 2.75) is 19.8 Å². The quantitative estimate of drug-likeness (QED) is 0.876. The van der Waals surface area contributed by atoms with E-state index in [1.807, 2.05) is 7.05 Å². The largest absolute Gasteiger partial charge is 0.289 e. The summed E-state index contributed by atoms with van der Waals surface area (Å²) in [7, 11) is 3.54. The van der Waals surface area contributed by atoms with Gasteiger partial charge in [0.15, 0.2) is 5.69 Å². The summed E-state index contributed by atoms with van der Waals surface area (Å²) in [6, 6.07) is 1.79. The summed E-state index contributed by atoms with van der Waals surface area (Å²) in [6.07, 6.45) is 1.38. The Balaban J connectivity index is 2.19. The van der Waals surface area contributed by atoms with Crippen molar-refractivity contribution in [3.63, 3.8) is 0 Å². The van der Waals surface area contributed by atoms with E-state index in [2.05, 4.69) is 34.3 Å². The average molecular weight is 248 g/mol. The molecule has 2 heterocycles. The molecule has 0 aliphatic heterocycles. The molecular weight excluding hydrogens is 232 g/mol. The van der Waals surface area contributed by atoms with Gasteiger partial charge >= 0.3 is 0 Å². The molecule has 96 valence electrons. The number of nitrogens with zero attached hydrogens (tertiary/aromatic N) is 5. The first-order valence-corrected chi connectivity index (χ1v) is 5.68. The number of amides is 1. The fourth-order valence-corrected chi connectivity index (χ4v) is 1.71. The number of nitrogens with one attached hydrogen (secondary N) is 1. The Morgan fingerprint density at radius 2 is 2.06 bits per heavy atom. The van der Waals surface area contributed by atoms with Gasteiger partial charge in [0, 0.05) is 19.8 Å². The van der Waals surface area contributed by atoms with Crippen LogP contribution in [0.15, 0.2) is 12.4 Å². The maximum absolute atomic E-state index is 12.0. The molecule has 7 heteroatoms. The monoisotopic (exact) mass is 248 g/mol. The third kappa shape index (κ3) is 2.24. The lowest BCUT2D eigenvalue weighted by Gasteiger charge is -2.02. The second kappa shape index (κ2) is 4.59. The molecule has 18 heavy (non-hydrogen) atoms. The highest BCUT2D eigenvalue weighted by Gasteiger charge is 2.16. The van der Waals surface area contributed by atoms with Crippen molar-refractivity contribution >= 4 is 11.9 Å². The van der Waals surface area contributed by atoms with E-state index in [0.717, 1.165) is 5.69 Å². The zero-order valence-electron chi connectivity index (χ0n) is 10.9. The molecule has 1 N–H and O–H groups in total. The first-order valence-electron chi connectivity index (χ1n) is 5.68. The fraction of sp³-hybridized carbons (Fsp3) is 0.455. The summed E-state index contributed by atoms with van der Waals surface area (Å²) in [6.45, 7) is 4.11. The molecule has 0 saturated carbocycles. The SMILES string of the molecule is CC(C)c1cc(C(=O)Nc2ncnn2C)nn1C. The predicted molar refractivity (Wildman–Crippen MR) is 66.3 cm³/mol. The Kier molecular flexibility index (Phi) is 3.14. The molecular formula is C11H16N6O. The zero-order chi connectivity index (χ0) is 13.3. The van der Waals surface area contributed by atoms with Gasteiger partial charge in [-0.1, -0.05) is 13.8 Å². The molecule has 7 nitrogen and oxygen atoms in total. The standard InChI is InChI=1S/C11H16N6O/c1-7(2)9-5-8(15-16(9)3)10(18)14-11-12-6-13-17(11)4/h5-7H,1-4H3,(H,12,13,14,18). The van der Waals surface area contributed by atoms with Crippen LogP contribution in [-0.4, -0.2) is 30.5 Å². The van der Waals surface area contributed by atoms with E-state index in [1.165, 1.54) is 11.0 Å². The van der Waals surface area contributed by atoms with Crippen molar-refractivity contribution in [1.82, 2.24) is 24.5 Å². The topological polar surface area (TPSA) is 77.6 Å². The second-order valence-corrected chi connectivity index (χ2v) is 4.39. The Bertz CT molecular complexity index is 568. The normalized spacial score (nSPS) is 10.9. The first-order chi connectivity index (χ1) is 8.49. The van der Waals surface area contributed by atoms with Crippen LogP contribution in [0.4, 0.5) is 5.95 Å². The van der Waals surface area contributed by atoms with E-state index in [9.17, 15) is 4.79 Å². The maximum atomic E-state index is 12.0. The van der Waals surface area contributed by atoms with Gasteiger partial charge < -0.3 is 0 Å². The van der Waals surface area contributed by atoms with Crippen LogP contribution in [0, 0.1) is 0 Å². The number of hydrogen-bond donors (Lipinski definition) is 1. The van der Waals surface area contributed by atoms with E-state index in [-0.39, 0.29) is 5.91 Å². The fourth-order valence-electron chi connectivity index (χ4n) is 1.71. The lowest BCUT2D eigenvalue weighted by molar-refractivity contribution is 0.102.